The molecule has 2 N–H and O–H groups in total. The molecule has 2 aromatic heterocycles. The Hall–Kier alpha value is -2.31. The molecule has 0 bridgehead atoms. The lowest BCUT2D eigenvalue weighted by molar-refractivity contribution is 0.205. The monoisotopic (exact) mass is 261 g/mol. The minimum Gasteiger partial charge on any atom is -0.338 e. The Balaban J connectivity index is 1.72. The van der Waals surface area contributed by atoms with Gasteiger partial charge < -0.3 is 9.42 Å². The SMILES string of the molecule is Cc1cc(NC(=O)N2CCC[C@H]2c2ccn[nH]2)on1. The maximum Gasteiger partial charge on any atom is 0.324 e. The zero-order valence-electron chi connectivity index (χ0n) is 10.6. The van der Waals surface area contributed by atoms with E-state index in [2.05, 4.69) is 20.7 Å². The summed E-state index contributed by atoms with van der Waals surface area (Å²) in [5.74, 6) is 0.373. The molecule has 0 unspecified atom stereocenters. The zero-order valence-corrected chi connectivity index (χ0v) is 10.6. The van der Waals surface area contributed by atoms with E-state index in [1.807, 2.05) is 13.0 Å². The van der Waals surface area contributed by atoms with Gasteiger partial charge in [-0.05, 0) is 25.8 Å². The van der Waals surface area contributed by atoms with Crippen molar-refractivity contribution in [3.63, 3.8) is 0 Å². The lowest BCUT2D eigenvalue weighted by atomic mass is 10.1. The Morgan fingerprint density at radius 3 is 3.21 bits per heavy atom. The van der Waals surface area contributed by atoms with E-state index in [9.17, 15) is 4.79 Å². The van der Waals surface area contributed by atoms with Gasteiger partial charge in [0, 0.05) is 18.8 Å². The number of hydrogen-bond acceptors (Lipinski definition) is 4. The number of urea groups is 1. The van der Waals surface area contributed by atoms with E-state index in [0.717, 1.165) is 30.8 Å². The van der Waals surface area contributed by atoms with Gasteiger partial charge in [-0.3, -0.25) is 10.4 Å². The second-order valence-corrected chi connectivity index (χ2v) is 4.63. The first kappa shape index (κ1) is 11.8. The Morgan fingerprint density at radius 2 is 2.53 bits per heavy atom. The van der Waals surface area contributed by atoms with Crippen molar-refractivity contribution >= 4 is 11.9 Å². The molecule has 0 spiro atoms. The van der Waals surface area contributed by atoms with Gasteiger partial charge in [0.25, 0.3) is 0 Å². The van der Waals surface area contributed by atoms with E-state index in [1.165, 1.54) is 0 Å². The topological polar surface area (TPSA) is 87.0 Å². The van der Waals surface area contributed by atoms with Crippen molar-refractivity contribution in [2.24, 2.45) is 0 Å². The number of anilines is 1. The highest BCUT2D eigenvalue weighted by molar-refractivity contribution is 5.88. The fourth-order valence-electron chi connectivity index (χ4n) is 2.39. The predicted molar refractivity (Wildman–Crippen MR) is 67.5 cm³/mol. The summed E-state index contributed by atoms with van der Waals surface area (Å²) in [7, 11) is 0. The van der Waals surface area contributed by atoms with Crippen molar-refractivity contribution in [1.29, 1.82) is 0 Å². The van der Waals surface area contributed by atoms with E-state index in [-0.39, 0.29) is 12.1 Å². The molecule has 1 aliphatic heterocycles. The number of aromatic amines is 1. The van der Waals surface area contributed by atoms with Crippen LogP contribution >= 0.6 is 0 Å². The van der Waals surface area contributed by atoms with E-state index in [1.54, 1.807) is 17.2 Å². The average Bonchev–Trinajstić information content (AvgIpc) is 3.07. The normalized spacial score (nSPS) is 18.8. The van der Waals surface area contributed by atoms with Crippen LogP contribution in [0.1, 0.15) is 30.3 Å². The largest absolute Gasteiger partial charge is 0.338 e. The minimum absolute atomic E-state index is 0.0477. The van der Waals surface area contributed by atoms with Crippen LogP contribution < -0.4 is 5.32 Å². The van der Waals surface area contributed by atoms with E-state index in [0.29, 0.717) is 5.88 Å². The highest BCUT2D eigenvalue weighted by Gasteiger charge is 2.31. The molecule has 0 radical (unpaired) electrons. The third-order valence-corrected chi connectivity index (χ3v) is 3.25. The first-order valence-electron chi connectivity index (χ1n) is 6.24. The number of hydrogen-bond donors (Lipinski definition) is 2. The maximum atomic E-state index is 12.2. The molecule has 0 saturated carbocycles. The smallest absolute Gasteiger partial charge is 0.324 e. The first-order chi connectivity index (χ1) is 9.24. The lowest BCUT2D eigenvalue weighted by Crippen LogP contribution is -2.34. The average molecular weight is 261 g/mol. The summed E-state index contributed by atoms with van der Waals surface area (Å²) >= 11 is 0. The van der Waals surface area contributed by atoms with Crippen molar-refractivity contribution in [2.45, 2.75) is 25.8 Å². The summed E-state index contributed by atoms with van der Waals surface area (Å²) in [6, 6.07) is 3.47. The van der Waals surface area contributed by atoms with Crippen LogP contribution in [-0.4, -0.2) is 32.8 Å². The summed E-state index contributed by atoms with van der Waals surface area (Å²) in [5.41, 5.74) is 1.70. The molecule has 19 heavy (non-hydrogen) atoms. The number of aromatic nitrogens is 3. The van der Waals surface area contributed by atoms with Gasteiger partial charge >= 0.3 is 6.03 Å². The fraction of sp³-hybridized carbons (Fsp3) is 0.417. The molecule has 0 aliphatic carbocycles. The second-order valence-electron chi connectivity index (χ2n) is 4.63. The summed E-state index contributed by atoms with van der Waals surface area (Å²) in [6.07, 6.45) is 3.61. The van der Waals surface area contributed by atoms with Crippen LogP contribution in [0.4, 0.5) is 10.7 Å². The molecule has 1 saturated heterocycles. The van der Waals surface area contributed by atoms with Gasteiger partial charge in [0.05, 0.1) is 17.4 Å². The van der Waals surface area contributed by atoms with E-state index < -0.39 is 0 Å². The predicted octanol–water partition coefficient (Wildman–Crippen LogP) is 2.08. The van der Waals surface area contributed by atoms with Crippen molar-refractivity contribution in [3.8, 4) is 0 Å². The van der Waals surface area contributed by atoms with Gasteiger partial charge in [-0.1, -0.05) is 5.16 Å². The fourth-order valence-corrected chi connectivity index (χ4v) is 2.39. The Morgan fingerprint density at radius 1 is 1.63 bits per heavy atom. The van der Waals surface area contributed by atoms with Gasteiger partial charge in [-0.25, -0.2) is 4.79 Å². The summed E-state index contributed by atoms with van der Waals surface area (Å²) in [4.78, 5) is 14.0. The molecular formula is C12H15N5O2. The molecule has 1 aliphatic rings. The number of H-pyrrole nitrogens is 1. The maximum absolute atomic E-state index is 12.2. The van der Waals surface area contributed by atoms with Crippen LogP contribution in [0.3, 0.4) is 0 Å². The number of nitrogens with one attached hydrogen (secondary N) is 2. The zero-order chi connectivity index (χ0) is 13.2. The Bertz CT molecular complexity index is 562. The highest BCUT2D eigenvalue weighted by atomic mass is 16.5. The van der Waals surface area contributed by atoms with Crippen LogP contribution in [0.2, 0.25) is 0 Å². The molecule has 7 heteroatoms. The highest BCUT2D eigenvalue weighted by Crippen LogP contribution is 2.31. The third kappa shape index (κ3) is 2.31. The van der Waals surface area contributed by atoms with Crippen molar-refractivity contribution in [3.05, 3.63) is 29.7 Å². The number of rotatable bonds is 2. The lowest BCUT2D eigenvalue weighted by Gasteiger charge is -2.23. The van der Waals surface area contributed by atoms with Crippen LogP contribution in [0.25, 0.3) is 0 Å². The molecule has 3 heterocycles. The standard InChI is InChI=1S/C12H15N5O2/c1-8-7-11(19-16-8)14-12(18)17-6-2-3-10(17)9-4-5-13-15-9/h4-5,7,10H,2-3,6H2,1H3,(H,13,15)(H,14,18)/t10-/m0/s1. The van der Waals surface area contributed by atoms with Crippen LogP contribution in [0, 0.1) is 6.92 Å². The molecular weight excluding hydrogens is 246 g/mol. The summed E-state index contributed by atoms with van der Waals surface area (Å²) < 4.78 is 4.99. The van der Waals surface area contributed by atoms with Crippen LogP contribution in [-0.2, 0) is 0 Å². The second kappa shape index (κ2) is 4.75. The minimum atomic E-state index is -0.173. The number of nitrogens with zero attached hydrogens (tertiary/aromatic N) is 3. The Labute approximate surface area is 110 Å². The molecule has 1 atom stereocenters. The van der Waals surface area contributed by atoms with Gasteiger partial charge in [0.1, 0.15) is 0 Å². The number of carbonyl (C=O) groups is 1. The van der Waals surface area contributed by atoms with Gasteiger partial charge in [0.2, 0.25) is 5.88 Å². The van der Waals surface area contributed by atoms with Crippen molar-refractivity contribution < 1.29 is 9.32 Å². The Kier molecular flexibility index (Phi) is 2.94. The number of carbonyl (C=O) groups excluding carboxylic acids is 1. The van der Waals surface area contributed by atoms with Crippen LogP contribution in [0.5, 0.6) is 0 Å². The van der Waals surface area contributed by atoms with Gasteiger partial charge in [-0.15, -0.1) is 0 Å². The van der Waals surface area contributed by atoms with Crippen molar-refractivity contribution in [1.82, 2.24) is 20.3 Å². The molecule has 100 valence electrons. The number of amides is 2. The van der Waals surface area contributed by atoms with Gasteiger partial charge in [-0.2, -0.15) is 5.10 Å². The molecule has 3 rings (SSSR count). The molecule has 2 amide bonds. The molecule has 0 aromatic carbocycles. The van der Waals surface area contributed by atoms with Gasteiger partial charge in [0.15, 0.2) is 0 Å². The third-order valence-electron chi connectivity index (χ3n) is 3.25. The first-order valence-corrected chi connectivity index (χ1v) is 6.24. The van der Waals surface area contributed by atoms with Crippen molar-refractivity contribution in [2.75, 3.05) is 11.9 Å². The van der Waals surface area contributed by atoms with E-state index in [4.69, 9.17) is 4.52 Å². The summed E-state index contributed by atoms with van der Waals surface area (Å²) in [5, 5.41) is 13.3. The summed E-state index contributed by atoms with van der Waals surface area (Å²) in [6.45, 7) is 2.53. The quantitative estimate of drug-likeness (QED) is 0.866. The molecule has 2 aromatic rings. The van der Waals surface area contributed by atoms with Crippen LogP contribution in [0.15, 0.2) is 22.9 Å². The molecule has 1 fully saturated rings. The van der Waals surface area contributed by atoms with E-state index >= 15 is 0 Å². The number of aryl methyl sites for hydroxylation is 1. The molecule has 7 nitrogen and oxygen atoms in total. The number of likely N-dealkylation sites (tertiary alicyclic amines) is 1.